The van der Waals surface area contributed by atoms with Crippen LogP contribution in [0.15, 0.2) is 0 Å². The molecule has 0 bridgehead atoms. The lowest BCUT2D eigenvalue weighted by Crippen LogP contribution is -2.39. The van der Waals surface area contributed by atoms with Crippen molar-refractivity contribution < 1.29 is 24.1 Å². The Bertz CT molecular complexity index is 465. The first-order chi connectivity index (χ1) is 18.6. The van der Waals surface area contributed by atoms with E-state index in [0.29, 0.717) is 13.2 Å². The van der Waals surface area contributed by atoms with Gasteiger partial charge < -0.3 is 24.1 Å². The quantitative estimate of drug-likeness (QED) is 0.0887. The Hall–Kier alpha value is -0.135. The van der Waals surface area contributed by atoms with E-state index in [0.717, 1.165) is 19.4 Å². The fourth-order valence-corrected chi connectivity index (χ4v) is 5.09. The molecule has 38 heavy (non-hydrogen) atoms. The third-order valence-corrected chi connectivity index (χ3v) is 7.32. The van der Waals surface area contributed by atoms with Crippen molar-refractivity contribution in [3.05, 3.63) is 0 Å². The third-order valence-electron chi connectivity index (χ3n) is 7.32. The normalized spacial score (nSPS) is 21.1. The van der Waals surface area contributed by atoms with Gasteiger partial charge >= 0.3 is 0 Å². The van der Waals surface area contributed by atoms with Gasteiger partial charge in [-0.2, -0.15) is 0 Å². The van der Waals surface area contributed by atoms with Crippen LogP contribution in [0, 0.1) is 0 Å². The summed E-state index contributed by atoms with van der Waals surface area (Å²) in [7, 11) is 7.74. The van der Waals surface area contributed by atoms with Gasteiger partial charge in [-0.25, -0.2) is 0 Å². The molecule has 0 aromatic heterocycles. The number of unbranched alkanes of at least 4 members (excludes halogenated alkanes) is 18. The van der Waals surface area contributed by atoms with Gasteiger partial charge in [-0.3, -0.25) is 0 Å². The molecule has 226 valence electrons. The molecule has 0 spiro atoms. The maximum atomic E-state index is 8.78. The molecule has 0 saturated carbocycles. The molecular weight excluding hydrogens is 475 g/mol. The van der Waals surface area contributed by atoms with E-state index in [2.05, 4.69) is 0 Å². The van der Waals surface area contributed by atoms with E-state index in [4.69, 9.17) is 31.9 Å². The molecule has 1 N–H and O–H groups in total. The molecule has 1 saturated heterocycles. The van der Waals surface area contributed by atoms with Crippen molar-refractivity contribution in [3.63, 3.8) is 0 Å². The van der Waals surface area contributed by atoms with Gasteiger partial charge in [0.15, 0.2) is 0 Å². The van der Waals surface area contributed by atoms with Crippen LogP contribution in [-0.2, 0) is 18.9 Å². The molecule has 1 heterocycles. The van der Waals surface area contributed by atoms with E-state index >= 15 is 0 Å². The lowest BCUT2D eigenvalue weighted by atomic mass is 9.93. The van der Waals surface area contributed by atoms with Crippen molar-refractivity contribution in [2.75, 3.05) is 26.9 Å². The van der Waals surface area contributed by atoms with Crippen LogP contribution in [0.25, 0.3) is 0 Å². The Balaban J connectivity index is 0.00000667. The molecule has 0 aromatic rings. The number of hydrogen-bond acceptors (Lipinski definition) is 5. The molecule has 4 atom stereocenters. The van der Waals surface area contributed by atoms with E-state index < -0.39 is 6.00 Å². The van der Waals surface area contributed by atoms with Crippen LogP contribution < -0.4 is 0 Å². The van der Waals surface area contributed by atoms with Crippen LogP contribution in [0.3, 0.4) is 0 Å². The summed E-state index contributed by atoms with van der Waals surface area (Å²) < 4.78 is 23.2. The minimum Gasteiger partial charge on any atom is -0.396 e. The van der Waals surface area contributed by atoms with Gasteiger partial charge in [0.2, 0.25) is 0 Å². The highest BCUT2D eigenvalue weighted by molar-refractivity contribution is 6.11. The van der Waals surface area contributed by atoms with Gasteiger partial charge in [0, 0.05) is 26.3 Å². The van der Waals surface area contributed by atoms with E-state index in [9.17, 15) is 0 Å². The predicted molar refractivity (Wildman–Crippen MR) is 162 cm³/mol. The molecule has 0 amide bonds. The van der Waals surface area contributed by atoms with Crippen molar-refractivity contribution in [3.8, 4) is 0 Å². The summed E-state index contributed by atoms with van der Waals surface area (Å²) >= 11 is 0. The lowest BCUT2D eigenvalue weighted by molar-refractivity contribution is -0.0801. The average Bonchev–Trinajstić information content (AvgIpc) is 3.23. The molecule has 1 aliphatic heterocycles. The van der Waals surface area contributed by atoms with E-state index in [1.807, 2.05) is 27.7 Å². The summed E-state index contributed by atoms with van der Waals surface area (Å²) in [6, 6.07) is -0.454. The minimum absolute atomic E-state index is 0.156. The van der Waals surface area contributed by atoms with Crippen LogP contribution in [-0.4, -0.2) is 70.3 Å². The highest BCUT2D eigenvalue weighted by Gasteiger charge is 2.43. The summed E-state index contributed by atoms with van der Waals surface area (Å²) in [6.07, 6.45) is 24.8. The van der Waals surface area contributed by atoms with E-state index in [1.165, 1.54) is 109 Å². The van der Waals surface area contributed by atoms with Crippen molar-refractivity contribution >= 4 is 7.85 Å². The van der Waals surface area contributed by atoms with Crippen LogP contribution >= 0.6 is 0 Å². The fourth-order valence-electron chi connectivity index (χ4n) is 5.09. The van der Waals surface area contributed by atoms with Gasteiger partial charge in [0.25, 0.3) is 0 Å². The highest BCUT2D eigenvalue weighted by atomic mass is 16.6. The van der Waals surface area contributed by atoms with Gasteiger partial charge in [-0.1, -0.05) is 123 Å². The van der Waals surface area contributed by atoms with Crippen molar-refractivity contribution in [2.24, 2.45) is 0 Å². The van der Waals surface area contributed by atoms with Crippen molar-refractivity contribution in [1.82, 2.24) is 0 Å². The van der Waals surface area contributed by atoms with Gasteiger partial charge in [0.1, 0.15) is 26.2 Å². The lowest BCUT2D eigenvalue weighted by Gasteiger charge is -2.23. The van der Waals surface area contributed by atoms with Gasteiger partial charge in [0.05, 0.1) is 12.7 Å². The number of ether oxygens (including phenoxy) is 4. The first-order valence-corrected chi connectivity index (χ1v) is 16.4. The topological polar surface area (TPSA) is 57.2 Å². The van der Waals surface area contributed by atoms with Gasteiger partial charge in [-0.05, 0) is 26.7 Å². The molecule has 1 rings (SSSR count). The van der Waals surface area contributed by atoms with Crippen LogP contribution in [0.1, 0.15) is 150 Å². The maximum Gasteiger partial charge on any atom is 0.114 e. The summed E-state index contributed by atoms with van der Waals surface area (Å²) in [5.74, 6) is 0. The minimum atomic E-state index is -0.454. The highest BCUT2D eigenvalue weighted by Crippen LogP contribution is 2.26. The second kappa shape index (κ2) is 28.4. The standard InChI is InChI=1S/C30H59BO5.C2H6/c1-26(2)35-25-27-28(29(33-3)30(31)36-27)34-24-22-20-18-16-14-12-10-8-6-4-5-7-9-11-13-15-17-19-21-23-32;1-2/h26-30,32H,4-25H2,1-3H3;1-2H3. The molecule has 0 aliphatic carbocycles. The first-order valence-electron chi connectivity index (χ1n) is 16.4. The summed E-state index contributed by atoms with van der Waals surface area (Å²) in [6.45, 7) is 9.61. The molecule has 5 nitrogen and oxygen atoms in total. The van der Waals surface area contributed by atoms with E-state index in [1.54, 1.807) is 7.11 Å². The molecular formula is C32H65BO5. The Morgan fingerprint density at radius 3 is 1.42 bits per heavy atom. The first kappa shape index (κ1) is 37.9. The SMILES string of the molecule is CC.[B]C1OC(COC(C)C)C(OCCCCCCCCCCCCCCCCCCCCCO)C1OC. The second-order valence-corrected chi connectivity index (χ2v) is 11.0. The molecule has 0 aromatic carbocycles. The molecule has 2 radical (unpaired) electrons. The zero-order valence-corrected chi connectivity index (χ0v) is 26.1. The number of aliphatic hydroxyl groups excluding tert-OH is 1. The smallest absolute Gasteiger partial charge is 0.114 e. The summed E-state index contributed by atoms with van der Waals surface area (Å²) in [5, 5.41) is 8.78. The molecule has 1 fully saturated rings. The molecule has 1 aliphatic rings. The number of hydrogen-bond donors (Lipinski definition) is 1. The Morgan fingerprint density at radius 2 is 1.05 bits per heavy atom. The third kappa shape index (κ3) is 20.7. The molecule has 6 heteroatoms. The predicted octanol–water partition coefficient (Wildman–Crippen LogP) is 8.14. The van der Waals surface area contributed by atoms with Crippen molar-refractivity contribution in [2.45, 2.75) is 180 Å². The Labute approximate surface area is 238 Å². The van der Waals surface area contributed by atoms with Gasteiger partial charge in [-0.15, -0.1) is 0 Å². The summed E-state index contributed by atoms with van der Waals surface area (Å²) in [4.78, 5) is 0. The molecule has 4 unspecified atom stereocenters. The zero-order chi connectivity index (χ0) is 28.3. The average molecular weight is 541 g/mol. The summed E-state index contributed by atoms with van der Waals surface area (Å²) in [5.41, 5.74) is 0. The second-order valence-electron chi connectivity index (χ2n) is 11.0. The Kier molecular flexibility index (Phi) is 28.3. The Morgan fingerprint density at radius 1 is 0.658 bits per heavy atom. The monoisotopic (exact) mass is 540 g/mol. The van der Waals surface area contributed by atoms with Crippen LogP contribution in [0.5, 0.6) is 0 Å². The number of rotatable bonds is 26. The van der Waals surface area contributed by atoms with Crippen LogP contribution in [0.2, 0.25) is 0 Å². The van der Waals surface area contributed by atoms with Crippen molar-refractivity contribution in [1.29, 1.82) is 0 Å². The fraction of sp³-hybridized carbons (Fsp3) is 1.00. The van der Waals surface area contributed by atoms with Crippen LogP contribution in [0.4, 0.5) is 0 Å². The number of aliphatic hydroxyl groups is 1. The largest absolute Gasteiger partial charge is 0.396 e. The maximum absolute atomic E-state index is 8.78. The van der Waals surface area contributed by atoms with E-state index in [-0.39, 0.29) is 24.4 Å². The number of methoxy groups -OCH3 is 1. The zero-order valence-electron chi connectivity index (χ0n) is 26.1.